The zero-order chi connectivity index (χ0) is 16.1. The second kappa shape index (κ2) is 6.71. The van der Waals surface area contributed by atoms with Crippen molar-refractivity contribution in [3.05, 3.63) is 84.4 Å². The quantitative estimate of drug-likeness (QED) is 0.583. The molecule has 3 rings (SSSR count). The van der Waals surface area contributed by atoms with Crippen molar-refractivity contribution in [1.29, 1.82) is 0 Å². The Bertz CT molecular complexity index is 877. The molecular formula is C20H15NO2. The topological polar surface area (TPSA) is 46.2 Å². The molecular weight excluding hydrogens is 286 g/mol. The fraction of sp³-hybridized carbons (Fsp3) is 0. The maximum Gasteiger partial charge on any atom is 0.296 e. The lowest BCUT2D eigenvalue weighted by Crippen LogP contribution is -2.20. The van der Waals surface area contributed by atoms with Crippen molar-refractivity contribution in [2.75, 3.05) is 5.32 Å². The normalized spacial score (nSPS) is 10.8. The molecule has 3 heteroatoms. The van der Waals surface area contributed by atoms with Gasteiger partial charge in [-0.15, -0.1) is 0 Å². The van der Waals surface area contributed by atoms with Gasteiger partial charge >= 0.3 is 0 Å². The minimum absolute atomic E-state index is 0.582. The van der Waals surface area contributed by atoms with Crippen LogP contribution in [0.2, 0.25) is 0 Å². The Kier molecular flexibility index (Phi) is 4.29. The Morgan fingerprint density at radius 1 is 0.783 bits per heavy atom. The molecule has 0 unspecified atom stereocenters. The second-order valence-corrected chi connectivity index (χ2v) is 5.09. The third-order valence-corrected chi connectivity index (χ3v) is 3.49. The number of fused-ring (bicyclic) bond motifs is 1. The van der Waals surface area contributed by atoms with Crippen LogP contribution in [0, 0.1) is 0 Å². The van der Waals surface area contributed by atoms with Gasteiger partial charge in [0.15, 0.2) is 0 Å². The highest BCUT2D eigenvalue weighted by Crippen LogP contribution is 2.22. The first-order valence-electron chi connectivity index (χ1n) is 7.30. The van der Waals surface area contributed by atoms with Gasteiger partial charge in [0.25, 0.3) is 5.91 Å². The largest absolute Gasteiger partial charge is 0.319 e. The van der Waals surface area contributed by atoms with Crippen LogP contribution in [0.4, 0.5) is 5.69 Å². The summed E-state index contributed by atoms with van der Waals surface area (Å²) in [6, 6.07) is 22.7. The fourth-order valence-corrected chi connectivity index (χ4v) is 2.33. The lowest BCUT2D eigenvalue weighted by molar-refractivity contribution is -0.131. The van der Waals surface area contributed by atoms with Crippen molar-refractivity contribution in [1.82, 2.24) is 0 Å². The van der Waals surface area contributed by atoms with Gasteiger partial charge in [0, 0.05) is 11.1 Å². The van der Waals surface area contributed by atoms with E-state index in [-0.39, 0.29) is 0 Å². The average Bonchev–Trinajstić information content (AvgIpc) is 2.61. The summed E-state index contributed by atoms with van der Waals surface area (Å²) in [5.41, 5.74) is 1.51. The van der Waals surface area contributed by atoms with Gasteiger partial charge in [0.05, 0.1) is 0 Å². The van der Waals surface area contributed by atoms with Gasteiger partial charge < -0.3 is 5.32 Å². The molecule has 23 heavy (non-hydrogen) atoms. The summed E-state index contributed by atoms with van der Waals surface area (Å²) >= 11 is 0. The summed E-state index contributed by atoms with van der Waals surface area (Å²) in [5, 5.41) is 4.60. The van der Waals surface area contributed by atoms with Crippen LogP contribution in [-0.2, 0) is 9.59 Å². The first-order chi connectivity index (χ1) is 11.2. The van der Waals surface area contributed by atoms with Crippen molar-refractivity contribution in [2.24, 2.45) is 0 Å². The molecule has 3 nitrogen and oxygen atoms in total. The molecule has 0 fully saturated rings. The number of ketones is 1. The molecule has 0 spiro atoms. The summed E-state index contributed by atoms with van der Waals surface area (Å²) in [4.78, 5) is 24.0. The van der Waals surface area contributed by atoms with Gasteiger partial charge in [0.2, 0.25) is 5.78 Å². The van der Waals surface area contributed by atoms with E-state index in [2.05, 4.69) is 5.32 Å². The van der Waals surface area contributed by atoms with Crippen LogP contribution in [0.3, 0.4) is 0 Å². The number of rotatable bonds is 4. The molecule has 3 aromatic carbocycles. The van der Waals surface area contributed by atoms with Crippen LogP contribution in [0.15, 0.2) is 78.9 Å². The van der Waals surface area contributed by atoms with E-state index in [1.165, 1.54) is 6.08 Å². The van der Waals surface area contributed by atoms with Crippen LogP contribution < -0.4 is 5.32 Å². The second-order valence-electron chi connectivity index (χ2n) is 5.09. The minimum atomic E-state index is -0.645. The van der Waals surface area contributed by atoms with E-state index in [1.807, 2.05) is 66.7 Å². The number of carbonyl (C=O) groups excluding carboxylic acids is 2. The SMILES string of the molecule is O=C(C=Cc1ccccc1)C(=O)Nc1cccc2ccccc12. The monoisotopic (exact) mass is 301 g/mol. The van der Waals surface area contributed by atoms with Crippen LogP contribution in [0.1, 0.15) is 5.56 Å². The van der Waals surface area contributed by atoms with Crippen LogP contribution in [0.5, 0.6) is 0 Å². The third-order valence-electron chi connectivity index (χ3n) is 3.49. The predicted molar refractivity (Wildman–Crippen MR) is 93.1 cm³/mol. The molecule has 0 saturated carbocycles. The Morgan fingerprint density at radius 3 is 2.30 bits per heavy atom. The molecule has 1 N–H and O–H groups in total. The number of benzene rings is 3. The molecule has 0 aromatic heterocycles. The van der Waals surface area contributed by atoms with Crippen LogP contribution in [-0.4, -0.2) is 11.7 Å². The summed E-state index contributed by atoms with van der Waals surface area (Å²) in [6.45, 7) is 0. The van der Waals surface area contributed by atoms with Crippen LogP contribution in [0.25, 0.3) is 16.8 Å². The maximum absolute atomic E-state index is 12.1. The highest BCUT2D eigenvalue weighted by atomic mass is 16.2. The van der Waals surface area contributed by atoms with Gasteiger partial charge in [-0.05, 0) is 23.1 Å². The Balaban J connectivity index is 1.76. The minimum Gasteiger partial charge on any atom is -0.319 e. The van der Waals surface area contributed by atoms with Crippen LogP contribution >= 0.6 is 0 Å². The molecule has 0 aliphatic rings. The van der Waals surface area contributed by atoms with Crippen molar-refractivity contribution in [2.45, 2.75) is 0 Å². The first-order valence-corrected chi connectivity index (χ1v) is 7.30. The smallest absolute Gasteiger partial charge is 0.296 e. The molecule has 0 aliphatic heterocycles. The van der Waals surface area contributed by atoms with Gasteiger partial charge in [0.1, 0.15) is 0 Å². The molecule has 0 radical (unpaired) electrons. The molecule has 1 amide bonds. The van der Waals surface area contributed by atoms with Crippen molar-refractivity contribution in [3.63, 3.8) is 0 Å². The van der Waals surface area contributed by atoms with E-state index in [0.717, 1.165) is 16.3 Å². The Morgan fingerprint density at radius 2 is 1.48 bits per heavy atom. The Labute approximate surface area is 134 Å². The highest BCUT2D eigenvalue weighted by Gasteiger charge is 2.11. The first kappa shape index (κ1) is 14.7. The fourth-order valence-electron chi connectivity index (χ4n) is 2.33. The Hall–Kier alpha value is -3.20. The standard InChI is InChI=1S/C20H15NO2/c22-19(14-13-15-7-2-1-3-8-15)20(23)21-18-12-6-10-16-9-4-5-11-17(16)18/h1-14H,(H,21,23). The lowest BCUT2D eigenvalue weighted by atomic mass is 10.1. The number of carbonyl (C=O) groups is 2. The van der Waals surface area contributed by atoms with Crippen molar-refractivity contribution in [3.8, 4) is 0 Å². The highest BCUT2D eigenvalue weighted by molar-refractivity contribution is 6.45. The predicted octanol–water partition coefficient (Wildman–Crippen LogP) is 4.06. The molecule has 3 aromatic rings. The van der Waals surface area contributed by atoms with Gasteiger partial charge in [-0.2, -0.15) is 0 Å². The van der Waals surface area contributed by atoms with Gasteiger partial charge in [-0.25, -0.2) is 0 Å². The van der Waals surface area contributed by atoms with Crippen molar-refractivity contribution < 1.29 is 9.59 Å². The number of hydrogen-bond acceptors (Lipinski definition) is 2. The number of hydrogen-bond donors (Lipinski definition) is 1. The molecule has 0 bridgehead atoms. The molecule has 0 heterocycles. The summed E-state index contributed by atoms with van der Waals surface area (Å²) in [7, 11) is 0. The lowest BCUT2D eigenvalue weighted by Gasteiger charge is -2.07. The van der Waals surface area contributed by atoms with E-state index < -0.39 is 11.7 Å². The zero-order valence-electron chi connectivity index (χ0n) is 12.4. The van der Waals surface area contributed by atoms with E-state index in [0.29, 0.717) is 5.69 Å². The zero-order valence-corrected chi connectivity index (χ0v) is 12.4. The van der Waals surface area contributed by atoms with E-state index in [4.69, 9.17) is 0 Å². The average molecular weight is 301 g/mol. The van der Waals surface area contributed by atoms with E-state index >= 15 is 0 Å². The molecule has 0 aliphatic carbocycles. The van der Waals surface area contributed by atoms with Gasteiger partial charge in [-0.1, -0.05) is 72.8 Å². The molecule has 0 atom stereocenters. The van der Waals surface area contributed by atoms with E-state index in [1.54, 1.807) is 12.1 Å². The summed E-state index contributed by atoms with van der Waals surface area (Å²) in [5.74, 6) is -1.23. The van der Waals surface area contributed by atoms with Crippen molar-refractivity contribution >= 4 is 34.2 Å². The summed E-state index contributed by atoms with van der Waals surface area (Å²) in [6.07, 6.45) is 2.92. The number of nitrogens with one attached hydrogen (secondary N) is 1. The van der Waals surface area contributed by atoms with E-state index in [9.17, 15) is 9.59 Å². The number of amides is 1. The molecule has 112 valence electrons. The third kappa shape index (κ3) is 3.52. The maximum atomic E-state index is 12.1. The molecule has 0 saturated heterocycles. The number of anilines is 1. The van der Waals surface area contributed by atoms with Gasteiger partial charge in [-0.3, -0.25) is 9.59 Å². The summed E-state index contributed by atoms with van der Waals surface area (Å²) < 4.78 is 0.